The Balaban J connectivity index is 2.05. The van der Waals surface area contributed by atoms with E-state index in [4.69, 9.17) is 5.84 Å². The molecule has 1 aromatic rings. The number of thiophene rings is 1. The average Bonchev–Trinajstić information content (AvgIpc) is 2.84. The van der Waals surface area contributed by atoms with E-state index < -0.39 is 0 Å². The molecule has 0 aliphatic heterocycles. The second-order valence-electron chi connectivity index (χ2n) is 5.54. The summed E-state index contributed by atoms with van der Waals surface area (Å²) in [5.74, 6) is 6.45. The van der Waals surface area contributed by atoms with Crippen molar-refractivity contribution in [2.24, 2.45) is 17.2 Å². The highest BCUT2D eigenvalue weighted by Crippen LogP contribution is 2.44. The summed E-state index contributed by atoms with van der Waals surface area (Å²) < 4.78 is 0. The third-order valence-corrected chi connectivity index (χ3v) is 4.94. The molecule has 1 aliphatic rings. The highest BCUT2D eigenvalue weighted by molar-refractivity contribution is 7.09. The zero-order valence-electron chi connectivity index (χ0n) is 10.2. The van der Waals surface area contributed by atoms with Crippen molar-refractivity contribution in [3.8, 4) is 0 Å². The number of hydrogen-bond donors (Lipinski definition) is 2. The Morgan fingerprint density at radius 1 is 1.62 bits per heavy atom. The molecule has 16 heavy (non-hydrogen) atoms. The second kappa shape index (κ2) is 4.86. The number of hydrogen-bond acceptors (Lipinski definition) is 3. The van der Waals surface area contributed by atoms with Gasteiger partial charge in [0.15, 0.2) is 0 Å². The quantitative estimate of drug-likeness (QED) is 0.625. The fraction of sp³-hybridized carbons (Fsp3) is 0.692. The minimum Gasteiger partial charge on any atom is -0.271 e. The number of rotatable bonds is 4. The summed E-state index contributed by atoms with van der Waals surface area (Å²) in [6, 6.07) is 4.75. The Hall–Kier alpha value is -0.380. The van der Waals surface area contributed by atoms with E-state index in [2.05, 4.69) is 36.8 Å². The normalized spacial score (nSPS) is 25.8. The molecule has 1 fully saturated rings. The van der Waals surface area contributed by atoms with Crippen LogP contribution in [0.15, 0.2) is 17.5 Å². The van der Waals surface area contributed by atoms with Crippen LogP contribution in [-0.2, 0) is 6.42 Å². The third kappa shape index (κ3) is 2.47. The summed E-state index contributed by atoms with van der Waals surface area (Å²) in [4.78, 5) is 1.44. The molecule has 0 amide bonds. The Labute approximate surface area is 102 Å². The second-order valence-corrected chi connectivity index (χ2v) is 6.58. The summed E-state index contributed by atoms with van der Waals surface area (Å²) in [5.41, 5.74) is 3.48. The Bertz CT molecular complexity index is 319. The van der Waals surface area contributed by atoms with Gasteiger partial charge >= 0.3 is 0 Å². The van der Waals surface area contributed by atoms with E-state index >= 15 is 0 Å². The third-order valence-electron chi connectivity index (χ3n) is 4.04. The molecule has 0 radical (unpaired) electrons. The minimum absolute atomic E-state index is 0.427. The molecular weight excluding hydrogens is 216 g/mol. The van der Waals surface area contributed by atoms with Crippen LogP contribution in [-0.4, -0.2) is 6.04 Å². The fourth-order valence-electron chi connectivity index (χ4n) is 3.06. The van der Waals surface area contributed by atoms with E-state index in [0.717, 1.165) is 6.42 Å². The van der Waals surface area contributed by atoms with Crippen molar-refractivity contribution in [2.45, 2.75) is 45.6 Å². The van der Waals surface area contributed by atoms with E-state index in [1.807, 2.05) is 11.3 Å². The van der Waals surface area contributed by atoms with Crippen molar-refractivity contribution < 1.29 is 0 Å². The SMILES string of the molecule is CC1(C)CCCC1C(Cc1cccs1)NN. The summed E-state index contributed by atoms with van der Waals surface area (Å²) in [6.45, 7) is 4.76. The standard InChI is InChI=1S/C13H22N2S/c1-13(2)7-3-6-11(13)12(15-14)9-10-5-4-8-16-10/h4-5,8,11-12,15H,3,6-7,9,14H2,1-2H3. The smallest absolute Gasteiger partial charge is 0.0292 e. The maximum Gasteiger partial charge on any atom is 0.0292 e. The van der Waals surface area contributed by atoms with Crippen molar-refractivity contribution in [1.82, 2.24) is 5.43 Å². The molecule has 90 valence electrons. The van der Waals surface area contributed by atoms with Gasteiger partial charge in [0.05, 0.1) is 0 Å². The molecular formula is C13H22N2S. The van der Waals surface area contributed by atoms with Crippen molar-refractivity contribution in [3.63, 3.8) is 0 Å². The van der Waals surface area contributed by atoms with Crippen LogP contribution in [0.1, 0.15) is 38.0 Å². The van der Waals surface area contributed by atoms with Gasteiger partial charge in [0.1, 0.15) is 0 Å². The van der Waals surface area contributed by atoms with Crippen LogP contribution in [0.3, 0.4) is 0 Å². The van der Waals surface area contributed by atoms with Gasteiger partial charge in [0.25, 0.3) is 0 Å². The largest absolute Gasteiger partial charge is 0.271 e. The van der Waals surface area contributed by atoms with Crippen LogP contribution < -0.4 is 11.3 Å². The molecule has 0 bridgehead atoms. The molecule has 1 aromatic heterocycles. The van der Waals surface area contributed by atoms with Gasteiger partial charge in [-0.15, -0.1) is 11.3 Å². The molecule has 3 N–H and O–H groups in total. The zero-order chi connectivity index (χ0) is 11.6. The Morgan fingerprint density at radius 3 is 2.94 bits per heavy atom. The minimum atomic E-state index is 0.427. The van der Waals surface area contributed by atoms with Gasteiger partial charge in [-0.3, -0.25) is 11.3 Å². The van der Waals surface area contributed by atoms with E-state index in [1.54, 1.807) is 0 Å². The molecule has 0 saturated heterocycles. The van der Waals surface area contributed by atoms with Gasteiger partial charge in [-0.2, -0.15) is 0 Å². The van der Waals surface area contributed by atoms with Crippen LogP contribution in [0.5, 0.6) is 0 Å². The average molecular weight is 238 g/mol. The fourth-order valence-corrected chi connectivity index (χ4v) is 3.83. The van der Waals surface area contributed by atoms with Gasteiger partial charge in [0.2, 0.25) is 0 Å². The lowest BCUT2D eigenvalue weighted by molar-refractivity contribution is 0.197. The first-order valence-corrected chi connectivity index (χ1v) is 7.00. The molecule has 2 unspecified atom stereocenters. The molecule has 2 atom stereocenters. The zero-order valence-corrected chi connectivity index (χ0v) is 11.0. The molecule has 2 rings (SSSR count). The number of hydrazine groups is 1. The van der Waals surface area contributed by atoms with Crippen LogP contribution in [0.25, 0.3) is 0 Å². The van der Waals surface area contributed by atoms with Crippen molar-refractivity contribution in [3.05, 3.63) is 22.4 Å². The lowest BCUT2D eigenvalue weighted by Gasteiger charge is -2.33. The van der Waals surface area contributed by atoms with E-state index in [9.17, 15) is 0 Å². The van der Waals surface area contributed by atoms with Gasteiger partial charge in [-0.1, -0.05) is 26.3 Å². The maximum atomic E-state index is 5.74. The maximum absolute atomic E-state index is 5.74. The van der Waals surface area contributed by atoms with Crippen LogP contribution in [0.2, 0.25) is 0 Å². The molecule has 2 nitrogen and oxygen atoms in total. The van der Waals surface area contributed by atoms with Gasteiger partial charge in [-0.25, -0.2) is 0 Å². The molecule has 1 saturated carbocycles. The first kappa shape index (κ1) is 12.1. The Morgan fingerprint density at radius 2 is 2.44 bits per heavy atom. The summed E-state index contributed by atoms with van der Waals surface area (Å²) in [5, 5.41) is 2.14. The molecule has 3 heteroatoms. The Kier molecular flexibility index (Phi) is 3.67. The van der Waals surface area contributed by atoms with Crippen molar-refractivity contribution in [2.75, 3.05) is 0 Å². The topological polar surface area (TPSA) is 38.0 Å². The van der Waals surface area contributed by atoms with Gasteiger partial charge < -0.3 is 0 Å². The van der Waals surface area contributed by atoms with E-state index in [-0.39, 0.29) is 0 Å². The number of nitrogens with two attached hydrogens (primary N) is 1. The summed E-state index contributed by atoms with van der Waals surface area (Å²) >= 11 is 1.83. The lowest BCUT2D eigenvalue weighted by Crippen LogP contribution is -2.45. The van der Waals surface area contributed by atoms with Crippen LogP contribution in [0, 0.1) is 11.3 Å². The molecule has 1 aliphatic carbocycles. The molecule has 0 aromatic carbocycles. The number of nitrogens with one attached hydrogen (secondary N) is 1. The van der Waals surface area contributed by atoms with Crippen LogP contribution in [0.4, 0.5) is 0 Å². The molecule has 1 heterocycles. The first-order valence-electron chi connectivity index (χ1n) is 6.12. The first-order chi connectivity index (χ1) is 7.63. The highest BCUT2D eigenvalue weighted by atomic mass is 32.1. The van der Waals surface area contributed by atoms with Crippen molar-refractivity contribution in [1.29, 1.82) is 0 Å². The lowest BCUT2D eigenvalue weighted by atomic mass is 9.76. The highest BCUT2D eigenvalue weighted by Gasteiger charge is 2.39. The van der Waals surface area contributed by atoms with Crippen molar-refractivity contribution >= 4 is 11.3 Å². The van der Waals surface area contributed by atoms with Gasteiger partial charge in [0, 0.05) is 10.9 Å². The van der Waals surface area contributed by atoms with E-state index in [1.165, 1.54) is 24.1 Å². The predicted octanol–water partition coefficient (Wildman–Crippen LogP) is 2.95. The molecule has 0 spiro atoms. The summed E-state index contributed by atoms with van der Waals surface area (Å²) in [6.07, 6.45) is 5.07. The monoisotopic (exact) mass is 238 g/mol. The van der Waals surface area contributed by atoms with E-state index in [0.29, 0.717) is 17.4 Å². The van der Waals surface area contributed by atoms with Gasteiger partial charge in [-0.05, 0) is 42.0 Å². The summed E-state index contributed by atoms with van der Waals surface area (Å²) in [7, 11) is 0. The predicted molar refractivity (Wildman–Crippen MR) is 70.3 cm³/mol. The van der Waals surface area contributed by atoms with Crippen LogP contribution >= 0.6 is 11.3 Å².